The Morgan fingerprint density at radius 2 is 2.06 bits per heavy atom. The molecule has 1 aliphatic carbocycles. The molecule has 92 valence electrons. The molecule has 1 fully saturated rings. The minimum absolute atomic E-state index is 0.326. The standard InChI is InChI=1S/C16H22O/c1-2-13-8-5-9-15(12-13)16(17)11-10-14-6-3-4-7-14/h5,8-9,12,14H,2-4,6-7,10-11H2,1H3. The molecule has 0 atom stereocenters. The number of aryl methyl sites for hydroxylation is 1. The molecule has 2 rings (SSSR count). The van der Waals surface area contributed by atoms with Crippen LogP contribution in [0.3, 0.4) is 0 Å². The van der Waals surface area contributed by atoms with Crippen LogP contribution in [0, 0.1) is 5.92 Å². The molecular weight excluding hydrogens is 208 g/mol. The Morgan fingerprint density at radius 3 is 2.76 bits per heavy atom. The molecule has 0 aromatic heterocycles. The molecule has 1 aliphatic rings. The lowest BCUT2D eigenvalue weighted by Gasteiger charge is -2.08. The van der Waals surface area contributed by atoms with E-state index in [2.05, 4.69) is 19.1 Å². The quantitative estimate of drug-likeness (QED) is 0.685. The third-order valence-corrected chi connectivity index (χ3v) is 3.91. The molecule has 1 nitrogen and oxygen atoms in total. The van der Waals surface area contributed by atoms with Crippen molar-refractivity contribution in [2.24, 2.45) is 5.92 Å². The van der Waals surface area contributed by atoms with E-state index in [0.29, 0.717) is 5.78 Å². The second kappa shape index (κ2) is 6.00. The first-order valence-electron chi connectivity index (χ1n) is 6.91. The summed E-state index contributed by atoms with van der Waals surface area (Å²) in [6, 6.07) is 8.10. The van der Waals surface area contributed by atoms with Crippen molar-refractivity contribution >= 4 is 5.78 Å². The van der Waals surface area contributed by atoms with Crippen LogP contribution in [-0.2, 0) is 6.42 Å². The average Bonchev–Trinajstić information content (AvgIpc) is 2.89. The van der Waals surface area contributed by atoms with Crippen molar-refractivity contribution in [2.75, 3.05) is 0 Å². The zero-order chi connectivity index (χ0) is 12.1. The zero-order valence-corrected chi connectivity index (χ0v) is 10.7. The van der Waals surface area contributed by atoms with E-state index in [1.54, 1.807) is 0 Å². The Hall–Kier alpha value is -1.11. The number of ketones is 1. The predicted molar refractivity (Wildman–Crippen MR) is 71.3 cm³/mol. The van der Waals surface area contributed by atoms with Crippen molar-refractivity contribution in [3.63, 3.8) is 0 Å². The van der Waals surface area contributed by atoms with E-state index < -0.39 is 0 Å². The number of hydrogen-bond donors (Lipinski definition) is 0. The Labute approximate surface area is 104 Å². The summed E-state index contributed by atoms with van der Waals surface area (Å²) in [6.07, 6.45) is 8.23. The van der Waals surface area contributed by atoms with Gasteiger partial charge in [0.15, 0.2) is 5.78 Å². The first kappa shape index (κ1) is 12.3. The van der Waals surface area contributed by atoms with Crippen LogP contribution in [0.4, 0.5) is 0 Å². The molecule has 0 amide bonds. The van der Waals surface area contributed by atoms with E-state index in [1.165, 1.54) is 31.2 Å². The fourth-order valence-electron chi connectivity index (χ4n) is 2.74. The van der Waals surface area contributed by atoms with E-state index in [0.717, 1.165) is 30.7 Å². The van der Waals surface area contributed by atoms with Crippen LogP contribution in [-0.4, -0.2) is 5.78 Å². The van der Waals surface area contributed by atoms with Crippen LogP contribution >= 0.6 is 0 Å². The Morgan fingerprint density at radius 1 is 1.29 bits per heavy atom. The second-order valence-corrected chi connectivity index (χ2v) is 5.17. The van der Waals surface area contributed by atoms with Crippen molar-refractivity contribution in [3.8, 4) is 0 Å². The Bertz CT molecular complexity index is 375. The fourth-order valence-corrected chi connectivity index (χ4v) is 2.74. The van der Waals surface area contributed by atoms with Crippen LogP contribution in [0.1, 0.15) is 61.4 Å². The summed E-state index contributed by atoms with van der Waals surface area (Å²) in [5.41, 5.74) is 2.17. The van der Waals surface area contributed by atoms with Crippen LogP contribution in [0.15, 0.2) is 24.3 Å². The molecule has 1 aromatic rings. The SMILES string of the molecule is CCc1cccc(C(=O)CCC2CCCC2)c1. The topological polar surface area (TPSA) is 17.1 Å². The third-order valence-electron chi connectivity index (χ3n) is 3.91. The normalized spacial score (nSPS) is 16.3. The maximum Gasteiger partial charge on any atom is 0.162 e. The van der Waals surface area contributed by atoms with Gasteiger partial charge in [0, 0.05) is 12.0 Å². The van der Waals surface area contributed by atoms with Crippen LogP contribution < -0.4 is 0 Å². The molecule has 0 heterocycles. The summed E-state index contributed by atoms with van der Waals surface area (Å²) in [5.74, 6) is 1.14. The summed E-state index contributed by atoms with van der Waals surface area (Å²) in [4.78, 5) is 12.1. The zero-order valence-electron chi connectivity index (χ0n) is 10.7. The van der Waals surface area contributed by atoms with E-state index in [1.807, 2.05) is 12.1 Å². The van der Waals surface area contributed by atoms with Gasteiger partial charge < -0.3 is 0 Å². The van der Waals surface area contributed by atoms with Crippen molar-refractivity contribution < 1.29 is 4.79 Å². The first-order valence-corrected chi connectivity index (χ1v) is 6.91. The first-order chi connectivity index (χ1) is 8.29. The van der Waals surface area contributed by atoms with Gasteiger partial charge in [0.05, 0.1) is 0 Å². The molecule has 1 saturated carbocycles. The van der Waals surface area contributed by atoms with Gasteiger partial charge in [0.2, 0.25) is 0 Å². The summed E-state index contributed by atoms with van der Waals surface area (Å²) in [6.45, 7) is 2.13. The highest BCUT2D eigenvalue weighted by Gasteiger charge is 2.16. The van der Waals surface area contributed by atoms with Crippen LogP contribution in [0.25, 0.3) is 0 Å². The van der Waals surface area contributed by atoms with E-state index in [9.17, 15) is 4.79 Å². The van der Waals surface area contributed by atoms with Crippen molar-refractivity contribution in [1.29, 1.82) is 0 Å². The van der Waals surface area contributed by atoms with Gasteiger partial charge in [-0.2, -0.15) is 0 Å². The van der Waals surface area contributed by atoms with Crippen LogP contribution in [0.2, 0.25) is 0 Å². The fraction of sp³-hybridized carbons (Fsp3) is 0.562. The number of carbonyl (C=O) groups excluding carboxylic acids is 1. The monoisotopic (exact) mass is 230 g/mol. The third kappa shape index (κ3) is 3.42. The van der Waals surface area contributed by atoms with Gasteiger partial charge in [-0.15, -0.1) is 0 Å². The van der Waals surface area contributed by atoms with Gasteiger partial charge in [-0.1, -0.05) is 50.8 Å². The summed E-state index contributed by atoms with van der Waals surface area (Å²) < 4.78 is 0. The lowest BCUT2D eigenvalue weighted by atomic mass is 9.96. The molecule has 0 saturated heterocycles. The molecule has 0 N–H and O–H groups in total. The predicted octanol–water partition coefficient (Wildman–Crippen LogP) is 4.40. The lowest BCUT2D eigenvalue weighted by Crippen LogP contribution is -2.03. The van der Waals surface area contributed by atoms with Gasteiger partial charge in [-0.3, -0.25) is 4.79 Å². The minimum Gasteiger partial charge on any atom is -0.294 e. The number of hydrogen-bond acceptors (Lipinski definition) is 1. The summed E-state index contributed by atoms with van der Waals surface area (Å²) in [5, 5.41) is 0. The molecule has 1 heteroatoms. The molecular formula is C16H22O. The number of carbonyl (C=O) groups is 1. The van der Waals surface area contributed by atoms with Crippen molar-refractivity contribution in [1.82, 2.24) is 0 Å². The number of benzene rings is 1. The molecule has 0 aliphatic heterocycles. The minimum atomic E-state index is 0.326. The highest BCUT2D eigenvalue weighted by atomic mass is 16.1. The molecule has 1 aromatic carbocycles. The molecule has 0 bridgehead atoms. The van der Waals surface area contributed by atoms with Gasteiger partial charge >= 0.3 is 0 Å². The lowest BCUT2D eigenvalue weighted by molar-refractivity contribution is 0.0974. The molecule has 0 unspecified atom stereocenters. The second-order valence-electron chi connectivity index (χ2n) is 5.17. The van der Waals surface area contributed by atoms with E-state index in [4.69, 9.17) is 0 Å². The summed E-state index contributed by atoms with van der Waals surface area (Å²) in [7, 11) is 0. The average molecular weight is 230 g/mol. The van der Waals surface area contributed by atoms with Crippen LogP contribution in [0.5, 0.6) is 0 Å². The number of rotatable bonds is 5. The van der Waals surface area contributed by atoms with Gasteiger partial charge in [0.25, 0.3) is 0 Å². The van der Waals surface area contributed by atoms with Crippen molar-refractivity contribution in [3.05, 3.63) is 35.4 Å². The highest BCUT2D eigenvalue weighted by molar-refractivity contribution is 5.96. The highest BCUT2D eigenvalue weighted by Crippen LogP contribution is 2.29. The van der Waals surface area contributed by atoms with Gasteiger partial charge in [-0.05, 0) is 30.4 Å². The maximum atomic E-state index is 12.1. The molecule has 17 heavy (non-hydrogen) atoms. The largest absolute Gasteiger partial charge is 0.294 e. The Kier molecular flexibility index (Phi) is 4.36. The van der Waals surface area contributed by atoms with Gasteiger partial charge in [-0.25, -0.2) is 0 Å². The van der Waals surface area contributed by atoms with E-state index in [-0.39, 0.29) is 0 Å². The molecule has 0 spiro atoms. The molecule has 0 radical (unpaired) electrons. The van der Waals surface area contributed by atoms with Gasteiger partial charge in [0.1, 0.15) is 0 Å². The van der Waals surface area contributed by atoms with Crippen molar-refractivity contribution in [2.45, 2.75) is 51.9 Å². The smallest absolute Gasteiger partial charge is 0.162 e. The number of Topliss-reactive ketones (excluding diaryl/α,β-unsaturated/α-hetero) is 1. The Balaban J connectivity index is 1.89. The summed E-state index contributed by atoms with van der Waals surface area (Å²) >= 11 is 0. The van der Waals surface area contributed by atoms with E-state index >= 15 is 0 Å². The maximum absolute atomic E-state index is 12.1.